The molecule has 1 N–H and O–H groups in total. The van der Waals surface area contributed by atoms with E-state index in [-0.39, 0.29) is 11.9 Å². The number of hydrogen-bond acceptors (Lipinski definition) is 2. The van der Waals surface area contributed by atoms with Crippen LogP contribution in [0, 0.1) is 0 Å². The van der Waals surface area contributed by atoms with Crippen molar-refractivity contribution >= 4 is 11.6 Å². The third-order valence-electron chi connectivity index (χ3n) is 5.09. The summed E-state index contributed by atoms with van der Waals surface area (Å²) in [5.74, 6) is 0.0971. The van der Waals surface area contributed by atoms with Gasteiger partial charge in [0.1, 0.15) is 6.04 Å². The van der Waals surface area contributed by atoms with E-state index in [9.17, 15) is 4.79 Å². The Balaban J connectivity index is 1.77. The molecule has 0 aliphatic carbocycles. The van der Waals surface area contributed by atoms with Crippen molar-refractivity contribution in [2.24, 2.45) is 0 Å². The zero-order chi connectivity index (χ0) is 18.6. The smallest absolute Gasteiger partial charge is 0.241 e. The summed E-state index contributed by atoms with van der Waals surface area (Å²) in [5.41, 5.74) is 4.24. The summed E-state index contributed by atoms with van der Waals surface area (Å²) < 4.78 is 2.20. The van der Waals surface area contributed by atoms with Gasteiger partial charge in [-0.05, 0) is 42.8 Å². The van der Waals surface area contributed by atoms with Crippen LogP contribution < -0.4 is 10.2 Å². The second kappa shape index (κ2) is 7.80. The third-order valence-corrected chi connectivity index (χ3v) is 5.09. The van der Waals surface area contributed by atoms with Gasteiger partial charge in [-0.1, -0.05) is 55.8 Å². The lowest BCUT2D eigenvalue weighted by Crippen LogP contribution is -2.44. The van der Waals surface area contributed by atoms with E-state index in [1.165, 1.54) is 0 Å². The van der Waals surface area contributed by atoms with E-state index in [4.69, 9.17) is 0 Å². The Kier molecular flexibility index (Phi) is 5.07. The van der Waals surface area contributed by atoms with Crippen molar-refractivity contribution in [2.75, 3.05) is 18.0 Å². The maximum atomic E-state index is 13.3. The number of unbranched alkanes of at least 4 members (excludes halogenated alkanes) is 1. The predicted molar refractivity (Wildman–Crippen MR) is 109 cm³/mol. The maximum Gasteiger partial charge on any atom is 0.241 e. The summed E-state index contributed by atoms with van der Waals surface area (Å²) in [6, 6.07) is 22.4. The fourth-order valence-electron chi connectivity index (χ4n) is 3.80. The number of benzene rings is 2. The first-order valence-electron chi connectivity index (χ1n) is 9.65. The molecule has 0 saturated heterocycles. The van der Waals surface area contributed by atoms with Crippen LogP contribution in [0.25, 0.3) is 5.69 Å². The van der Waals surface area contributed by atoms with Gasteiger partial charge in [-0.25, -0.2) is 0 Å². The third kappa shape index (κ3) is 3.28. The van der Waals surface area contributed by atoms with Gasteiger partial charge in [-0.15, -0.1) is 0 Å². The zero-order valence-electron chi connectivity index (χ0n) is 15.6. The van der Waals surface area contributed by atoms with Gasteiger partial charge in [-0.2, -0.15) is 0 Å². The quantitative estimate of drug-likeness (QED) is 0.666. The van der Waals surface area contributed by atoms with E-state index in [0.29, 0.717) is 6.54 Å². The minimum absolute atomic E-state index is 0.0971. The Bertz CT molecular complexity index is 916. The number of fused-ring (bicyclic) bond motifs is 3. The molecule has 1 aliphatic rings. The van der Waals surface area contributed by atoms with Gasteiger partial charge >= 0.3 is 0 Å². The Morgan fingerprint density at radius 3 is 2.48 bits per heavy atom. The van der Waals surface area contributed by atoms with Crippen LogP contribution in [0.3, 0.4) is 0 Å². The molecule has 0 radical (unpaired) electrons. The van der Waals surface area contributed by atoms with Crippen LogP contribution in [0.5, 0.6) is 0 Å². The summed E-state index contributed by atoms with van der Waals surface area (Å²) in [4.78, 5) is 15.3. The first-order chi connectivity index (χ1) is 13.3. The predicted octanol–water partition coefficient (Wildman–Crippen LogP) is 4.30. The highest BCUT2D eigenvalue weighted by Crippen LogP contribution is 2.41. The molecule has 4 nitrogen and oxygen atoms in total. The highest BCUT2D eigenvalue weighted by molar-refractivity contribution is 5.99. The summed E-state index contributed by atoms with van der Waals surface area (Å²) >= 11 is 0. The lowest BCUT2D eigenvalue weighted by atomic mass is 9.98. The van der Waals surface area contributed by atoms with E-state index in [1.807, 2.05) is 41.3 Å². The first-order valence-corrected chi connectivity index (χ1v) is 9.65. The number of carbonyl (C=O) groups excluding carboxylic acids is 1. The molecule has 0 bridgehead atoms. The van der Waals surface area contributed by atoms with E-state index in [0.717, 1.165) is 42.0 Å². The molecule has 4 rings (SSSR count). The molecule has 1 aliphatic heterocycles. The molecule has 1 unspecified atom stereocenters. The number of nitrogens with zero attached hydrogens (tertiary/aromatic N) is 2. The summed E-state index contributed by atoms with van der Waals surface area (Å²) in [7, 11) is 0. The van der Waals surface area contributed by atoms with Crippen molar-refractivity contribution in [3.63, 3.8) is 0 Å². The van der Waals surface area contributed by atoms with Gasteiger partial charge < -0.3 is 9.88 Å². The molecular formula is C23H25N3O. The molecule has 0 fully saturated rings. The van der Waals surface area contributed by atoms with Crippen LogP contribution >= 0.6 is 0 Å². The fourth-order valence-corrected chi connectivity index (χ4v) is 3.80. The number of rotatable bonds is 6. The standard InChI is InChI=1S/C23H25N3O/c1-2-3-15-24-17-22(27)26-20-13-8-7-12-19(20)25-16-9-14-21(25)23(26)18-10-5-4-6-11-18/h4-14,16,23-24H,2-3,15,17H2,1H3. The molecule has 138 valence electrons. The van der Waals surface area contributed by atoms with Crippen molar-refractivity contribution in [1.82, 2.24) is 9.88 Å². The number of anilines is 1. The van der Waals surface area contributed by atoms with Crippen LogP contribution in [0.4, 0.5) is 5.69 Å². The lowest BCUT2D eigenvalue weighted by molar-refractivity contribution is -0.118. The van der Waals surface area contributed by atoms with Gasteiger partial charge in [0.2, 0.25) is 5.91 Å². The monoisotopic (exact) mass is 359 g/mol. The Labute approximate surface area is 160 Å². The van der Waals surface area contributed by atoms with Crippen molar-refractivity contribution in [3.05, 3.63) is 84.2 Å². The second-order valence-electron chi connectivity index (χ2n) is 6.90. The number of amides is 1. The summed E-state index contributed by atoms with van der Waals surface area (Å²) in [5, 5.41) is 3.31. The van der Waals surface area contributed by atoms with Crippen molar-refractivity contribution in [3.8, 4) is 5.69 Å². The van der Waals surface area contributed by atoms with Crippen molar-refractivity contribution in [1.29, 1.82) is 0 Å². The number of para-hydroxylation sites is 2. The SMILES string of the molecule is CCCCNCC(=O)N1c2ccccc2-n2cccc2C1c1ccccc1. The average molecular weight is 359 g/mol. The van der Waals surface area contributed by atoms with Crippen molar-refractivity contribution in [2.45, 2.75) is 25.8 Å². The normalized spacial score (nSPS) is 15.3. The van der Waals surface area contributed by atoms with Crippen LogP contribution in [-0.2, 0) is 4.79 Å². The molecule has 1 aromatic heterocycles. The number of aromatic nitrogens is 1. The first kappa shape index (κ1) is 17.6. The fraction of sp³-hybridized carbons (Fsp3) is 0.261. The maximum absolute atomic E-state index is 13.3. The molecule has 2 heterocycles. The second-order valence-corrected chi connectivity index (χ2v) is 6.90. The minimum Gasteiger partial charge on any atom is -0.316 e. The van der Waals surface area contributed by atoms with E-state index >= 15 is 0 Å². The van der Waals surface area contributed by atoms with Crippen LogP contribution in [-0.4, -0.2) is 23.6 Å². The van der Waals surface area contributed by atoms with Gasteiger partial charge in [0.15, 0.2) is 0 Å². The zero-order valence-corrected chi connectivity index (χ0v) is 15.6. The van der Waals surface area contributed by atoms with E-state index in [2.05, 4.69) is 53.3 Å². The highest BCUT2D eigenvalue weighted by Gasteiger charge is 2.35. The van der Waals surface area contributed by atoms with Crippen LogP contribution in [0.1, 0.15) is 37.1 Å². The van der Waals surface area contributed by atoms with Crippen LogP contribution in [0.2, 0.25) is 0 Å². The molecule has 4 heteroatoms. The van der Waals surface area contributed by atoms with Gasteiger partial charge in [-0.3, -0.25) is 9.69 Å². The Hall–Kier alpha value is -2.85. The van der Waals surface area contributed by atoms with Crippen molar-refractivity contribution < 1.29 is 4.79 Å². The molecule has 2 aromatic carbocycles. The van der Waals surface area contributed by atoms with Crippen LogP contribution in [0.15, 0.2) is 72.9 Å². The largest absolute Gasteiger partial charge is 0.316 e. The lowest BCUT2D eigenvalue weighted by Gasteiger charge is -2.38. The number of carbonyl (C=O) groups is 1. The molecule has 0 saturated carbocycles. The molecular weight excluding hydrogens is 334 g/mol. The topological polar surface area (TPSA) is 37.3 Å². The number of hydrogen-bond donors (Lipinski definition) is 1. The van der Waals surface area contributed by atoms with Gasteiger partial charge in [0.25, 0.3) is 0 Å². The molecule has 0 spiro atoms. The average Bonchev–Trinajstić information content (AvgIpc) is 3.20. The summed E-state index contributed by atoms with van der Waals surface area (Å²) in [6.45, 7) is 3.37. The molecule has 27 heavy (non-hydrogen) atoms. The molecule has 1 amide bonds. The van der Waals surface area contributed by atoms with E-state index < -0.39 is 0 Å². The summed E-state index contributed by atoms with van der Waals surface area (Å²) in [6.07, 6.45) is 4.27. The Morgan fingerprint density at radius 1 is 0.963 bits per heavy atom. The van der Waals surface area contributed by atoms with Gasteiger partial charge in [0, 0.05) is 6.20 Å². The molecule has 1 atom stereocenters. The minimum atomic E-state index is -0.128. The van der Waals surface area contributed by atoms with E-state index in [1.54, 1.807) is 0 Å². The highest BCUT2D eigenvalue weighted by atomic mass is 16.2. The molecule has 3 aromatic rings. The van der Waals surface area contributed by atoms with Gasteiger partial charge in [0.05, 0.1) is 23.6 Å². The number of nitrogens with one attached hydrogen (secondary N) is 1. The Morgan fingerprint density at radius 2 is 1.70 bits per heavy atom.